The van der Waals surface area contributed by atoms with E-state index in [0.717, 1.165) is 128 Å². The summed E-state index contributed by atoms with van der Waals surface area (Å²) >= 11 is 0. The highest BCUT2D eigenvalue weighted by atomic mass is 16.3. The van der Waals surface area contributed by atoms with Gasteiger partial charge in [-0.05, 0) is 170 Å². The summed E-state index contributed by atoms with van der Waals surface area (Å²) in [5.74, 6) is 0. The molecular formula is C79H55BN3O. The summed E-state index contributed by atoms with van der Waals surface area (Å²) in [4.78, 5) is 4.90. The molecule has 84 heavy (non-hydrogen) atoms. The third-order valence-corrected chi connectivity index (χ3v) is 16.4. The van der Waals surface area contributed by atoms with Crippen molar-refractivity contribution < 1.29 is 4.42 Å². The number of hydrogen-bond donors (Lipinski definition) is 1. The summed E-state index contributed by atoms with van der Waals surface area (Å²) in [5.41, 5.74) is 27.0. The van der Waals surface area contributed by atoms with Crippen LogP contribution in [-0.2, 0) is 0 Å². The van der Waals surface area contributed by atoms with E-state index in [0.29, 0.717) is 0 Å². The zero-order chi connectivity index (χ0) is 55.9. The van der Waals surface area contributed by atoms with Gasteiger partial charge in [0.25, 0.3) is 0 Å². The first-order valence-electron chi connectivity index (χ1n) is 28.7. The van der Waals surface area contributed by atoms with Crippen molar-refractivity contribution in [1.29, 1.82) is 0 Å². The highest BCUT2D eigenvalue weighted by Crippen LogP contribution is 2.49. The van der Waals surface area contributed by atoms with Crippen LogP contribution in [0.4, 0.5) is 45.5 Å². The van der Waals surface area contributed by atoms with Crippen molar-refractivity contribution in [3.8, 4) is 66.8 Å². The monoisotopic (exact) mass is 1070 g/mol. The fraction of sp³-hybridized carbons (Fsp3) is 0.0127. The number of rotatable bonds is 12. The van der Waals surface area contributed by atoms with E-state index in [9.17, 15) is 0 Å². The highest BCUT2D eigenvalue weighted by Gasteiger charge is 2.34. The summed E-state index contributed by atoms with van der Waals surface area (Å²) in [6.07, 6.45) is 0. The maximum Gasteiger partial charge on any atom is 0.198 e. The lowest BCUT2D eigenvalue weighted by Gasteiger charge is -2.37. The molecule has 1 N–H and O–H groups in total. The Balaban J connectivity index is 0.966. The predicted molar refractivity (Wildman–Crippen MR) is 355 cm³/mol. The number of anilines is 8. The SMILES string of the molecule is Cc1cc(-c2ccccc2)ccc1N1c2ccc(N(c3ccc(-c4ccccc4)cc3)c3ccc(-c4ccccc4)cc3)cc2[B]c2c(-c3cc(-c4ccccc4)ccc3Nc3cccc(-c4ccccc4)c3)cc3oc4ccccc4c3c21. The van der Waals surface area contributed by atoms with Crippen LogP contribution in [0.15, 0.2) is 314 Å². The molecule has 395 valence electrons. The molecule has 0 fully saturated rings. The van der Waals surface area contributed by atoms with Crippen LogP contribution in [0.2, 0.25) is 0 Å². The molecule has 0 saturated heterocycles. The normalized spacial score (nSPS) is 11.7. The number of furan rings is 1. The summed E-state index contributed by atoms with van der Waals surface area (Å²) in [7, 11) is 2.43. The second-order valence-corrected chi connectivity index (χ2v) is 21.6. The van der Waals surface area contributed by atoms with Gasteiger partial charge in [0.05, 0.1) is 11.1 Å². The average Bonchev–Trinajstić information content (AvgIpc) is 1.39. The van der Waals surface area contributed by atoms with Crippen molar-refractivity contribution >= 4 is 85.6 Å². The van der Waals surface area contributed by atoms with Crippen molar-refractivity contribution in [2.45, 2.75) is 6.92 Å². The van der Waals surface area contributed by atoms with E-state index < -0.39 is 0 Å². The van der Waals surface area contributed by atoms with Crippen LogP contribution in [0, 0.1) is 6.92 Å². The third kappa shape index (κ3) is 9.38. The number of aryl methyl sites for hydroxylation is 1. The third-order valence-electron chi connectivity index (χ3n) is 16.4. The Bertz CT molecular complexity index is 4620. The molecule has 0 unspecified atom stereocenters. The minimum absolute atomic E-state index is 0.813. The molecule has 5 heteroatoms. The lowest BCUT2D eigenvalue weighted by atomic mass is 9.57. The quantitative estimate of drug-likeness (QED) is 0.124. The molecule has 15 rings (SSSR count). The molecule has 14 aromatic rings. The number of para-hydroxylation sites is 1. The second-order valence-electron chi connectivity index (χ2n) is 21.6. The van der Waals surface area contributed by atoms with Gasteiger partial charge in [0, 0.05) is 50.8 Å². The van der Waals surface area contributed by atoms with Gasteiger partial charge in [-0.25, -0.2) is 0 Å². The molecule has 0 aliphatic carbocycles. The smallest absolute Gasteiger partial charge is 0.198 e. The maximum absolute atomic E-state index is 7.05. The van der Waals surface area contributed by atoms with Gasteiger partial charge < -0.3 is 19.5 Å². The fourth-order valence-electron chi connectivity index (χ4n) is 12.3. The Morgan fingerprint density at radius 1 is 0.357 bits per heavy atom. The molecule has 0 bridgehead atoms. The molecule has 1 radical (unpaired) electrons. The minimum Gasteiger partial charge on any atom is -0.456 e. The zero-order valence-corrected chi connectivity index (χ0v) is 46.3. The number of fused-ring (bicyclic) bond motifs is 6. The zero-order valence-electron chi connectivity index (χ0n) is 46.3. The molecular weight excluding hydrogens is 1020 g/mol. The summed E-state index contributed by atoms with van der Waals surface area (Å²) < 4.78 is 7.05. The van der Waals surface area contributed by atoms with Crippen molar-refractivity contribution in [3.63, 3.8) is 0 Å². The molecule has 0 atom stereocenters. The van der Waals surface area contributed by atoms with E-state index in [4.69, 9.17) is 4.42 Å². The van der Waals surface area contributed by atoms with Crippen LogP contribution < -0.4 is 26.0 Å². The topological polar surface area (TPSA) is 31.6 Å². The summed E-state index contributed by atoms with van der Waals surface area (Å²) in [6.45, 7) is 2.25. The lowest BCUT2D eigenvalue weighted by Crippen LogP contribution is -2.41. The van der Waals surface area contributed by atoms with Crippen LogP contribution in [-0.4, -0.2) is 7.28 Å². The molecule has 1 aliphatic rings. The number of benzene rings is 13. The van der Waals surface area contributed by atoms with E-state index in [1.54, 1.807) is 0 Å². The number of nitrogens with one attached hydrogen (secondary N) is 1. The van der Waals surface area contributed by atoms with E-state index in [1.807, 2.05) is 0 Å². The van der Waals surface area contributed by atoms with Gasteiger partial charge >= 0.3 is 0 Å². The van der Waals surface area contributed by atoms with Crippen LogP contribution >= 0.6 is 0 Å². The van der Waals surface area contributed by atoms with Crippen molar-refractivity contribution in [2.24, 2.45) is 0 Å². The van der Waals surface area contributed by atoms with Crippen LogP contribution in [0.3, 0.4) is 0 Å². The standard InChI is InChI=1S/C79H55BN3O/c1-53-48-62(57-26-13-5-14-27-57)39-46-73(53)83-74-47-44-67(82(65-40-34-59(35-41-65)54-20-7-2-8-21-54)66-42-36-60(37-43-66)55-22-9-3-10-23-55)51-71(74)80-78-70(52-76-77(79(78)83)68-32-17-18-33-75(68)84-76)69-50-63(58-28-15-6-16-29-58)38-45-72(69)81-64-31-19-30-61(49-64)56-24-11-4-12-25-56/h2-52,81H,1H3. The van der Waals surface area contributed by atoms with Gasteiger partial charge in [0.1, 0.15) is 11.2 Å². The van der Waals surface area contributed by atoms with Gasteiger partial charge in [0.2, 0.25) is 0 Å². The van der Waals surface area contributed by atoms with Gasteiger partial charge in [-0.15, -0.1) is 0 Å². The molecule has 4 nitrogen and oxygen atoms in total. The largest absolute Gasteiger partial charge is 0.456 e. The van der Waals surface area contributed by atoms with Gasteiger partial charge in [-0.3, -0.25) is 0 Å². The molecule has 2 heterocycles. The Morgan fingerprint density at radius 3 is 1.40 bits per heavy atom. The highest BCUT2D eigenvalue weighted by molar-refractivity contribution is 6.74. The Hall–Kier alpha value is -10.9. The van der Waals surface area contributed by atoms with Gasteiger partial charge in [0.15, 0.2) is 7.28 Å². The predicted octanol–water partition coefficient (Wildman–Crippen LogP) is 20.5. The first kappa shape index (κ1) is 50.1. The first-order valence-corrected chi connectivity index (χ1v) is 28.7. The molecule has 0 saturated carbocycles. The van der Waals surface area contributed by atoms with Crippen molar-refractivity contribution in [3.05, 3.63) is 315 Å². The van der Waals surface area contributed by atoms with Crippen molar-refractivity contribution in [1.82, 2.24) is 0 Å². The van der Waals surface area contributed by atoms with Crippen LogP contribution in [0.5, 0.6) is 0 Å². The molecule has 0 spiro atoms. The minimum atomic E-state index is 0.813. The number of nitrogens with zero attached hydrogens (tertiary/aromatic N) is 2. The first-order chi connectivity index (χ1) is 41.5. The lowest BCUT2D eigenvalue weighted by molar-refractivity contribution is 0.669. The summed E-state index contributed by atoms with van der Waals surface area (Å²) in [6, 6.07) is 111. The molecule has 1 aromatic heterocycles. The maximum atomic E-state index is 7.05. The summed E-state index contributed by atoms with van der Waals surface area (Å²) in [5, 5.41) is 6.08. The molecule has 0 amide bonds. The molecule has 1 aliphatic heterocycles. The Labute approximate surface area is 491 Å². The van der Waals surface area contributed by atoms with E-state index in [2.05, 4.69) is 339 Å². The number of hydrogen-bond acceptors (Lipinski definition) is 4. The van der Waals surface area contributed by atoms with Crippen molar-refractivity contribution in [2.75, 3.05) is 15.1 Å². The van der Waals surface area contributed by atoms with Crippen LogP contribution in [0.25, 0.3) is 88.7 Å². The van der Waals surface area contributed by atoms with Crippen LogP contribution in [0.1, 0.15) is 5.56 Å². The van der Waals surface area contributed by atoms with E-state index in [-0.39, 0.29) is 0 Å². The van der Waals surface area contributed by atoms with E-state index >= 15 is 0 Å². The average molecular weight is 1070 g/mol. The molecule has 13 aromatic carbocycles. The van der Waals surface area contributed by atoms with E-state index in [1.165, 1.54) is 22.3 Å². The second kappa shape index (κ2) is 21.5. The van der Waals surface area contributed by atoms with Gasteiger partial charge in [-0.1, -0.05) is 224 Å². The Kier molecular flexibility index (Phi) is 12.9. The van der Waals surface area contributed by atoms with Gasteiger partial charge in [-0.2, -0.15) is 0 Å². The fourth-order valence-corrected chi connectivity index (χ4v) is 12.3. The Morgan fingerprint density at radius 2 is 0.821 bits per heavy atom.